The highest BCUT2D eigenvalue weighted by atomic mass is 35.5. The van der Waals surface area contributed by atoms with Crippen LogP contribution in [-0.2, 0) is 14.4 Å². The number of nitriles is 1. The molecular weight excluding hydrogens is 450 g/mol. The summed E-state index contributed by atoms with van der Waals surface area (Å²) in [6.45, 7) is 5.66. The van der Waals surface area contributed by atoms with Crippen LogP contribution in [0.15, 0.2) is 18.2 Å². The molecule has 1 heterocycles. The van der Waals surface area contributed by atoms with Crippen LogP contribution in [0.2, 0.25) is 5.02 Å². The zero-order valence-corrected chi connectivity index (χ0v) is 19.5. The first-order chi connectivity index (χ1) is 15.3. The summed E-state index contributed by atoms with van der Waals surface area (Å²) in [6, 6.07) is 3.11. The molecular formula is C22H28ClN5O5. The summed E-state index contributed by atoms with van der Waals surface area (Å²) in [6.07, 6.45) is 0.368. The Morgan fingerprint density at radius 1 is 1.30 bits per heavy atom. The van der Waals surface area contributed by atoms with Gasteiger partial charge in [0.2, 0.25) is 11.8 Å². The molecule has 5 N–H and O–H groups in total. The third-order valence-corrected chi connectivity index (χ3v) is 5.67. The Balaban J connectivity index is 2.21. The lowest BCUT2D eigenvalue weighted by molar-refractivity contribution is -0.142. The molecule has 1 aromatic rings. The van der Waals surface area contributed by atoms with E-state index in [0.717, 1.165) is 0 Å². The van der Waals surface area contributed by atoms with Crippen LogP contribution in [0.25, 0.3) is 0 Å². The predicted molar refractivity (Wildman–Crippen MR) is 121 cm³/mol. The molecule has 1 saturated heterocycles. The van der Waals surface area contributed by atoms with Gasteiger partial charge in [-0.3, -0.25) is 19.2 Å². The second kappa shape index (κ2) is 10.5. The van der Waals surface area contributed by atoms with Gasteiger partial charge in [-0.25, -0.2) is 0 Å². The lowest BCUT2D eigenvalue weighted by Crippen LogP contribution is -2.58. The summed E-state index contributed by atoms with van der Waals surface area (Å²) in [5.74, 6) is -2.78. The number of anilines is 1. The number of benzene rings is 1. The van der Waals surface area contributed by atoms with Crippen LogP contribution < -0.4 is 16.4 Å². The number of carboxylic acids is 1. The highest BCUT2D eigenvalue weighted by Gasteiger charge is 2.42. The zero-order chi connectivity index (χ0) is 24.9. The minimum Gasteiger partial charge on any atom is -0.481 e. The third kappa shape index (κ3) is 6.58. The van der Waals surface area contributed by atoms with Crippen molar-refractivity contribution >= 4 is 41.0 Å². The van der Waals surface area contributed by atoms with Gasteiger partial charge in [-0.1, -0.05) is 32.4 Å². The number of hydrogen-bond donors (Lipinski definition) is 4. The third-order valence-electron chi connectivity index (χ3n) is 5.34. The molecule has 0 spiro atoms. The first-order valence-electron chi connectivity index (χ1n) is 10.4. The molecule has 0 bridgehead atoms. The molecule has 178 valence electrons. The smallest absolute Gasteiger partial charge is 0.306 e. The molecule has 11 heteroatoms. The first kappa shape index (κ1) is 25.9. The molecule has 3 amide bonds. The van der Waals surface area contributed by atoms with Crippen LogP contribution >= 0.6 is 11.6 Å². The number of halogens is 1. The Labute approximate surface area is 197 Å². The highest BCUT2D eigenvalue weighted by molar-refractivity contribution is 6.33. The lowest BCUT2D eigenvalue weighted by atomic mass is 9.85. The van der Waals surface area contributed by atoms with Crippen molar-refractivity contribution < 1.29 is 24.3 Å². The zero-order valence-electron chi connectivity index (χ0n) is 18.7. The predicted octanol–water partition coefficient (Wildman–Crippen LogP) is 1.54. The minimum atomic E-state index is -1.22. The molecule has 1 unspecified atom stereocenters. The lowest BCUT2D eigenvalue weighted by Gasteiger charge is -2.35. The van der Waals surface area contributed by atoms with Gasteiger partial charge in [0.05, 0.1) is 23.2 Å². The van der Waals surface area contributed by atoms with Gasteiger partial charge in [-0.2, -0.15) is 5.26 Å². The summed E-state index contributed by atoms with van der Waals surface area (Å²) in [7, 11) is 0. The van der Waals surface area contributed by atoms with Gasteiger partial charge in [-0.15, -0.1) is 0 Å². The van der Waals surface area contributed by atoms with Crippen molar-refractivity contribution in [2.75, 3.05) is 12.3 Å². The van der Waals surface area contributed by atoms with Crippen molar-refractivity contribution in [3.8, 4) is 6.07 Å². The molecule has 2 rings (SSSR count). The number of hydrogen-bond acceptors (Lipinski definition) is 6. The van der Waals surface area contributed by atoms with Crippen LogP contribution in [0.5, 0.6) is 0 Å². The Hall–Kier alpha value is -3.32. The standard InChI is InChI=1S/C22H28ClN5O5/c1-22(2,3)18(27-19(31)12-6-7-15(25)14(23)9-12)21(33)28-8-4-5-16(28)20(32)26-13(11-24)10-17(29)30/h6-7,9,13,16,18H,4-5,8,10,25H2,1-3H3,(H,26,32)(H,27,31)(H,29,30)/t13-,16?,18+/m0/s1. The van der Waals surface area contributed by atoms with Crippen LogP contribution in [0.3, 0.4) is 0 Å². The Kier molecular flexibility index (Phi) is 8.28. The van der Waals surface area contributed by atoms with Gasteiger partial charge < -0.3 is 26.4 Å². The number of aliphatic carboxylic acids is 1. The summed E-state index contributed by atoms with van der Waals surface area (Å²) in [5, 5.41) is 23.3. The van der Waals surface area contributed by atoms with Gasteiger partial charge in [0.15, 0.2) is 0 Å². The maximum atomic E-state index is 13.5. The van der Waals surface area contributed by atoms with Crippen molar-refractivity contribution in [2.45, 2.75) is 58.2 Å². The average Bonchev–Trinajstić information content (AvgIpc) is 3.21. The highest BCUT2D eigenvalue weighted by Crippen LogP contribution is 2.27. The van der Waals surface area contributed by atoms with Gasteiger partial charge in [0.25, 0.3) is 5.91 Å². The summed E-state index contributed by atoms with van der Waals surface area (Å²) >= 11 is 6.01. The van der Waals surface area contributed by atoms with E-state index in [4.69, 9.17) is 27.7 Å². The molecule has 1 aliphatic heterocycles. The molecule has 1 aliphatic rings. The number of rotatable bonds is 7. The van der Waals surface area contributed by atoms with Crippen LogP contribution in [0.1, 0.15) is 50.4 Å². The summed E-state index contributed by atoms with van der Waals surface area (Å²) in [5.41, 5.74) is 5.56. The number of nitrogens with one attached hydrogen (secondary N) is 2. The van der Waals surface area contributed by atoms with Crippen LogP contribution in [0, 0.1) is 16.7 Å². The molecule has 1 aromatic carbocycles. The van der Waals surface area contributed by atoms with Crippen molar-refractivity contribution in [2.24, 2.45) is 5.41 Å². The molecule has 0 aliphatic carbocycles. The fourth-order valence-corrected chi connectivity index (χ4v) is 3.75. The SMILES string of the molecule is CC(C)(C)[C@H](NC(=O)c1ccc(N)c(Cl)c1)C(=O)N1CCCC1C(=O)N[C@H](C#N)CC(=O)O. The average molecular weight is 478 g/mol. The van der Waals surface area contributed by atoms with E-state index in [1.807, 2.05) is 0 Å². The second-order valence-corrected chi connectivity index (χ2v) is 9.39. The van der Waals surface area contributed by atoms with Crippen LogP contribution in [0.4, 0.5) is 5.69 Å². The monoisotopic (exact) mass is 477 g/mol. The Bertz CT molecular complexity index is 984. The van der Waals surface area contributed by atoms with E-state index in [1.165, 1.54) is 23.1 Å². The van der Waals surface area contributed by atoms with E-state index in [-0.39, 0.29) is 10.6 Å². The molecule has 33 heavy (non-hydrogen) atoms. The number of carbonyl (C=O) groups excluding carboxylic acids is 3. The number of amides is 3. The van der Waals surface area contributed by atoms with Crippen molar-refractivity contribution in [1.29, 1.82) is 5.26 Å². The second-order valence-electron chi connectivity index (χ2n) is 8.99. The number of likely N-dealkylation sites (tertiary alicyclic amines) is 1. The van der Waals surface area contributed by atoms with E-state index < -0.39 is 53.7 Å². The van der Waals surface area contributed by atoms with Gasteiger partial charge in [-0.05, 0) is 36.5 Å². The first-order valence-corrected chi connectivity index (χ1v) is 10.8. The topological polar surface area (TPSA) is 166 Å². The molecule has 1 fully saturated rings. The molecule has 0 saturated carbocycles. The minimum absolute atomic E-state index is 0.214. The Morgan fingerprint density at radius 2 is 1.97 bits per heavy atom. The fraction of sp³-hybridized carbons (Fsp3) is 0.500. The number of nitrogens with zero attached hydrogens (tertiary/aromatic N) is 2. The molecule has 0 aromatic heterocycles. The number of nitrogens with two attached hydrogens (primary N) is 1. The van der Waals surface area contributed by atoms with Crippen molar-refractivity contribution in [3.63, 3.8) is 0 Å². The summed E-state index contributed by atoms with van der Waals surface area (Å²) < 4.78 is 0. The van der Waals surface area contributed by atoms with Gasteiger partial charge in [0, 0.05) is 12.1 Å². The number of nitrogen functional groups attached to an aromatic ring is 1. The normalized spacial score (nSPS) is 17.5. The molecule has 0 radical (unpaired) electrons. The van der Waals surface area contributed by atoms with Gasteiger partial charge >= 0.3 is 5.97 Å². The van der Waals surface area contributed by atoms with Crippen LogP contribution in [-0.4, -0.2) is 58.4 Å². The fourth-order valence-electron chi connectivity index (χ4n) is 3.57. The maximum Gasteiger partial charge on any atom is 0.306 e. The van der Waals surface area contributed by atoms with Crippen molar-refractivity contribution in [3.05, 3.63) is 28.8 Å². The maximum absolute atomic E-state index is 13.5. The van der Waals surface area contributed by atoms with E-state index in [0.29, 0.717) is 25.1 Å². The van der Waals surface area contributed by atoms with Gasteiger partial charge in [0.1, 0.15) is 18.1 Å². The molecule has 10 nitrogen and oxygen atoms in total. The van der Waals surface area contributed by atoms with E-state index >= 15 is 0 Å². The molecule has 3 atom stereocenters. The number of carboxylic acid groups (broad SMARTS) is 1. The number of carbonyl (C=O) groups is 4. The summed E-state index contributed by atoms with van der Waals surface area (Å²) in [4.78, 5) is 51.3. The Morgan fingerprint density at radius 3 is 2.52 bits per heavy atom. The van der Waals surface area contributed by atoms with E-state index in [9.17, 15) is 19.2 Å². The quantitative estimate of drug-likeness (QED) is 0.432. The largest absolute Gasteiger partial charge is 0.481 e. The van der Waals surface area contributed by atoms with E-state index in [2.05, 4.69) is 10.6 Å². The van der Waals surface area contributed by atoms with E-state index in [1.54, 1.807) is 26.8 Å². The van der Waals surface area contributed by atoms with Crippen molar-refractivity contribution in [1.82, 2.24) is 15.5 Å².